The SMILES string of the molecule is COc1cc(C)nc(NC(=O)c2ccc(NN)cn2)n1. The fraction of sp³-hybridized carbons (Fsp3) is 0.167. The van der Waals surface area contributed by atoms with Crippen molar-refractivity contribution in [1.82, 2.24) is 15.0 Å². The number of hydrogen-bond acceptors (Lipinski definition) is 7. The maximum Gasteiger partial charge on any atom is 0.276 e. The van der Waals surface area contributed by atoms with Crippen LogP contribution in [0.2, 0.25) is 0 Å². The summed E-state index contributed by atoms with van der Waals surface area (Å²) in [5.41, 5.74) is 3.95. The Kier molecular flexibility index (Phi) is 4.06. The van der Waals surface area contributed by atoms with E-state index >= 15 is 0 Å². The van der Waals surface area contributed by atoms with E-state index in [2.05, 4.69) is 25.7 Å². The number of anilines is 2. The highest BCUT2D eigenvalue weighted by atomic mass is 16.5. The molecule has 8 nitrogen and oxygen atoms in total. The molecule has 0 aromatic carbocycles. The molecule has 2 aromatic rings. The van der Waals surface area contributed by atoms with Crippen LogP contribution in [-0.2, 0) is 0 Å². The molecule has 0 radical (unpaired) electrons. The van der Waals surface area contributed by atoms with Crippen molar-refractivity contribution in [3.63, 3.8) is 0 Å². The highest BCUT2D eigenvalue weighted by Gasteiger charge is 2.10. The first kappa shape index (κ1) is 13.7. The van der Waals surface area contributed by atoms with Crippen LogP contribution in [0.4, 0.5) is 11.6 Å². The number of aromatic nitrogens is 3. The molecule has 8 heteroatoms. The van der Waals surface area contributed by atoms with Gasteiger partial charge in [0.05, 0.1) is 19.0 Å². The second-order valence-electron chi connectivity index (χ2n) is 3.91. The Labute approximate surface area is 115 Å². The van der Waals surface area contributed by atoms with Crippen molar-refractivity contribution in [3.05, 3.63) is 35.8 Å². The van der Waals surface area contributed by atoms with Crippen LogP contribution in [0, 0.1) is 6.92 Å². The Morgan fingerprint density at radius 2 is 2.15 bits per heavy atom. The Morgan fingerprint density at radius 1 is 1.35 bits per heavy atom. The topological polar surface area (TPSA) is 115 Å². The molecule has 0 bridgehead atoms. The van der Waals surface area contributed by atoms with E-state index in [1.165, 1.54) is 19.4 Å². The van der Waals surface area contributed by atoms with Gasteiger partial charge < -0.3 is 10.2 Å². The van der Waals surface area contributed by atoms with Crippen molar-refractivity contribution in [3.8, 4) is 5.88 Å². The quantitative estimate of drug-likeness (QED) is 0.556. The van der Waals surface area contributed by atoms with Crippen LogP contribution in [0.15, 0.2) is 24.4 Å². The van der Waals surface area contributed by atoms with Crippen LogP contribution < -0.4 is 21.3 Å². The number of rotatable bonds is 4. The number of nitrogens with zero attached hydrogens (tertiary/aromatic N) is 3. The van der Waals surface area contributed by atoms with Gasteiger partial charge in [0.15, 0.2) is 0 Å². The lowest BCUT2D eigenvalue weighted by atomic mass is 10.3. The normalized spacial score (nSPS) is 9.95. The van der Waals surface area contributed by atoms with E-state index in [0.717, 1.165) is 0 Å². The Morgan fingerprint density at radius 3 is 2.75 bits per heavy atom. The number of amides is 1. The van der Waals surface area contributed by atoms with E-state index in [0.29, 0.717) is 17.3 Å². The van der Waals surface area contributed by atoms with Crippen LogP contribution in [0.5, 0.6) is 5.88 Å². The molecule has 0 saturated heterocycles. The van der Waals surface area contributed by atoms with Crippen molar-refractivity contribution in [1.29, 1.82) is 0 Å². The summed E-state index contributed by atoms with van der Waals surface area (Å²) in [6.45, 7) is 1.78. The van der Waals surface area contributed by atoms with Gasteiger partial charge in [0, 0.05) is 11.8 Å². The van der Waals surface area contributed by atoms with Gasteiger partial charge in [0.2, 0.25) is 11.8 Å². The molecule has 0 saturated carbocycles. The fourth-order valence-electron chi connectivity index (χ4n) is 1.48. The number of carbonyl (C=O) groups excluding carboxylic acids is 1. The maximum atomic E-state index is 12.0. The Bertz CT molecular complexity index is 614. The van der Waals surface area contributed by atoms with Crippen molar-refractivity contribution < 1.29 is 9.53 Å². The third-order valence-electron chi connectivity index (χ3n) is 2.43. The van der Waals surface area contributed by atoms with Crippen LogP contribution in [-0.4, -0.2) is 28.0 Å². The lowest BCUT2D eigenvalue weighted by molar-refractivity contribution is 0.102. The fourth-order valence-corrected chi connectivity index (χ4v) is 1.48. The lowest BCUT2D eigenvalue weighted by Crippen LogP contribution is -2.16. The van der Waals surface area contributed by atoms with Crippen LogP contribution in [0.25, 0.3) is 0 Å². The first-order chi connectivity index (χ1) is 9.62. The number of pyridine rings is 1. The van der Waals surface area contributed by atoms with Crippen LogP contribution in [0.1, 0.15) is 16.2 Å². The molecule has 2 aromatic heterocycles. The van der Waals surface area contributed by atoms with Gasteiger partial charge in [-0.2, -0.15) is 4.98 Å². The molecule has 2 heterocycles. The number of nitrogen functional groups attached to an aromatic ring is 1. The molecule has 0 aliphatic carbocycles. The minimum Gasteiger partial charge on any atom is -0.481 e. The number of aryl methyl sites for hydroxylation is 1. The molecule has 0 spiro atoms. The third kappa shape index (κ3) is 3.18. The molecule has 0 atom stereocenters. The van der Waals surface area contributed by atoms with Gasteiger partial charge in [-0.1, -0.05) is 0 Å². The summed E-state index contributed by atoms with van der Waals surface area (Å²) in [4.78, 5) is 24.1. The minimum atomic E-state index is -0.416. The number of carbonyl (C=O) groups is 1. The van der Waals surface area contributed by atoms with Gasteiger partial charge in [-0.15, -0.1) is 0 Å². The van der Waals surface area contributed by atoms with Gasteiger partial charge in [-0.25, -0.2) is 9.97 Å². The minimum absolute atomic E-state index is 0.162. The molecular formula is C12H14N6O2. The number of nitrogens with one attached hydrogen (secondary N) is 2. The van der Waals surface area contributed by atoms with E-state index in [1.807, 2.05) is 0 Å². The van der Waals surface area contributed by atoms with E-state index in [-0.39, 0.29) is 11.6 Å². The largest absolute Gasteiger partial charge is 0.481 e. The predicted molar refractivity (Wildman–Crippen MR) is 73.3 cm³/mol. The summed E-state index contributed by atoms with van der Waals surface area (Å²) in [6.07, 6.45) is 1.45. The first-order valence-electron chi connectivity index (χ1n) is 5.76. The highest BCUT2D eigenvalue weighted by molar-refractivity contribution is 6.01. The van der Waals surface area contributed by atoms with E-state index in [9.17, 15) is 4.79 Å². The highest BCUT2D eigenvalue weighted by Crippen LogP contribution is 2.12. The lowest BCUT2D eigenvalue weighted by Gasteiger charge is -2.06. The van der Waals surface area contributed by atoms with Gasteiger partial charge in [0.25, 0.3) is 5.91 Å². The Hall–Kier alpha value is -2.74. The molecule has 0 aliphatic heterocycles. The van der Waals surface area contributed by atoms with Crippen molar-refractivity contribution in [2.75, 3.05) is 17.9 Å². The molecule has 0 unspecified atom stereocenters. The molecule has 104 valence electrons. The van der Waals surface area contributed by atoms with E-state index in [1.54, 1.807) is 19.1 Å². The summed E-state index contributed by atoms with van der Waals surface area (Å²) >= 11 is 0. The van der Waals surface area contributed by atoms with E-state index < -0.39 is 5.91 Å². The van der Waals surface area contributed by atoms with E-state index in [4.69, 9.17) is 10.6 Å². The molecule has 20 heavy (non-hydrogen) atoms. The molecule has 0 aliphatic rings. The third-order valence-corrected chi connectivity index (χ3v) is 2.43. The van der Waals surface area contributed by atoms with Gasteiger partial charge in [-0.05, 0) is 19.1 Å². The standard InChI is InChI=1S/C12H14N6O2/c1-7-5-10(20-2)16-12(15-7)17-11(19)9-4-3-8(18-13)6-14-9/h3-6,18H,13H2,1-2H3,(H,15,16,17,19). The zero-order valence-electron chi connectivity index (χ0n) is 11.0. The van der Waals surface area contributed by atoms with Crippen LogP contribution in [0.3, 0.4) is 0 Å². The molecule has 2 rings (SSSR count). The number of ether oxygens (including phenoxy) is 1. The molecular weight excluding hydrogens is 260 g/mol. The molecule has 4 N–H and O–H groups in total. The maximum absolute atomic E-state index is 12.0. The smallest absolute Gasteiger partial charge is 0.276 e. The zero-order chi connectivity index (χ0) is 14.5. The van der Waals surface area contributed by atoms with Gasteiger partial charge >= 0.3 is 0 Å². The number of nitrogens with two attached hydrogens (primary N) is 1. The second-order valence-corrected chi connectivity index (χ2v) is 3.91. The summed E-state index contributed by atoms with van der Waals surface area (Å²) in [6, 6.07) is 4.84. The summed E-state index contributed by atoms with van der Waals surface area (Å²) < 4.78 is 5.01. The number of hydrazine groups is 1. The van der Waals surface area contributed by atoms with Crippen molar-refractivity contribution in [2.24, 2.45) is 5.84 Å². The second kappa shape index (κ2) is 5.93. The monoisotopic (exact) mass is 274 g/mol. The van der Waals surface area contributed by atoms with Crippen molar-refractivity contribution >= 4 is 17.5 Å². The average molecular weight is 274 g/mol. The molecule has 0 fully saturated rings. The predicted octanol–water partition coefficient (Wildman–Crippen LogP) is 0.727. The Balaban J connectivity index is 2.16. The average Bonchev–Trinajstić information content (AvgIpc) is 2.46. The van der Waals surface area contributed by atoms with Gasteiger partial charge in [-0.3, -0.25) is 16.0 Å². The van der Waals surface area contributed by atoms with Crippen LogP contribution >= 0.6 is 0 Å². The summed E-state index contributed by atoms with van der Waals surface area (Å²) in [5.74, 6) is 5.35. The van der Waals surface area contributed by atoms with Crippen molar-refractivity contribution in [2.45, 2.75) is 6.92 Å². The number of methoxy groups -OCH3 is 1. The summed E-state index contributed by atoms with van der Waals surface area (Å²) in [7, 11) is 1.49. The molecule has 1 amide bonds. The van der Waals surface area contributed by atoms with Gasteiger partial charge in [0.1, 0.15) is 5.69 Å². The first-order valence-corrected chi connectivity index (χ1v) is 5.76. The summed E-state index contributed by atoms with van der Waals surface area (Å²) in [5, 5.41) is 2.56. The zero-order valence-corrected chi connectivity index (χ0v) is 11.0. The number of hydrogen-bond donors (Lipinski definition) is 3.